The molecule has 0 bridgehead atoms. The van der Waals surface area contributed by atoms with Crippen LogP contribution in [-0.2, 0) is 6.18 Å². The molecule has 2 aromatic heterocycles. The number of aliphatic hydroxyl groups is 1. The van der Waals surface area contributed by atoms with Crippen LogP contribution in [0.3, 0.4) is 0 Å². The molecule has 0 radical (unpaired) electrons. The quantitative estimate of drug-likeness (QED) is 0.609. The van der Waals surface area contributed by atoms with Gasteiger partial charge in [-0.05, 0) is 30.3 Å². The molecule has 27 heavy (non-hydrogen) atoms. The van der Waals surface area contributed by atoms with Gasteiger partial charge in [-0.15, -0.1) is 0 Å². The van der Waals surface area contributed by atoms with E-state index in [9.17, 15) is 13.2 Å². The van der Waals surface area contributed by atoms with Crippen LogP contribution in [0.4, 0.5) is 30.6 Å². The maximum absolute atomic E-state index is 12.9. The van der Waals surface area contributed by atoms with Crippen LogP contribution in [0, 0.1) is 0 Å². The summed E-state index contributed by atoms with van der Waals surface area (Å²) in [6.07, 6.45) is -1.19. The summed E-state index contributed by atoms with van der Waals surface area (Å²) in [5.41, 5.74) is 0.744. The minimum Gasteiger partial charge on any atom is -0.395 e. The number of pyridine rings is 1. The van der Waals surface area contributed by atoms with Gasteiger partial charge in [-0.1, -0.05) is 6.07 Å². The van der Waals surface area contributed by atoms with E-state index in [0.29, 0.717) is 11.5 Å². The van der Waals surface area contributed by atoms with Crippen molar-refractivity contribution in [2.45, 2.75) is 6.18 Å². The van der Waals surface area contributed by atoms with Gasteiger partial charge in [-0.25, -0.2) is 4.98 Å². The molecule has 3 aromatic rings. The number of benzene rings is 1. The molecule has 6 nitrogen and oxygen atoms in total. The number of aromatic nitrogens is 3. The van der Waals surface area contributed by atoms with Crippen molar-refractivity contribution in [2.75, 3.05) is 23.8 Å². The number of anilines is 3. The first-order valence-corrected chi connectivity index (χ1v) is 8.04. The molecule has 0 atom stereocenters. The van der Waals surface area contributed by atoms with Crippen LogP contribution in [0.2, 0.25) is 0 Å². The lowest BCUT2D eigenvalue weighted by Crippen LogP contribution is -2.10. The van der Waals surface area contributed by atoms with E-state index in [1.54, 1.807) is 30.6 Å². The highest BCUT2D eigenvalue weighted by atomic mass is 19.4. The Morgan fingerprint density at radius 1 is 1.04 bits per heavy atom. The van der Waals surface area contributed by atoms with Crippen molar-refractivity contribution >= 4 is 17.5 Å². The van der Waals surface area contributed by atoms with Gasteiger partial charge in [-0.2, -0.15) is 18.2 Å². The molecule has 0 spiro atoms. The predicted molar refractivity (Wildman–Crippen MR) is 95.6 cm³/mol. The summed E-state index contributed by atoms with van der Waals surface area (Å²) in [6, 6.07) is 10.0. The first-order valence-electron chi connectivity index (χ1n) is 8.04. The van der Waals surface area contributed by atoms with Crippen LogP contribution in [0.5, 0.6) is 0 Å². The van der Waals surface area contributed by atoms with Gasteiger partial charge in [0, 0.05) is 36.3 Å². The van der Waals surface area contributed by atoms with Crippen LogP contribution < -0.4 is 10.6 Å². The van der Waals surface area contributed by atoms with E-state index < -0.39 is 11.7 Å². The van der Waals surface area contributed by atoms with Gasteiger partial charge >= 0.3 is 6.18 Å². The highest BCUT2D eigenvalue weighted by molar-refractivity contribution is 5.67. The second-order valence-corrected chi connectivity index (χ2v) is 5.56. The van der Waals surface area contributed by atoms with Crippen molar-refractivity contribution in [3.05, 3.63) is 60.4 Å². The van der Waals surface area contributed by atoms with Crippen molar-refractivity contribution in [1.29, 1.82) is 0 Å². The summed E-state index contributed by atoms with van der Waals surface area (Å²) in [6.45, 7) is 0.121. The number of hydrogen-bond acceptors (Lipinski definition) is 6. The van der Waals surface area contributed by atoms with E-state index in [4.69, 9.17) is 5.11 Å². The second-order valence-electron chi connectivity index (χ2n) is 5.56. The zero-order valence-corrected chi connectivity index (χ0v) is 14.0. The molecule has 0 aliphatic rings. The Hall–Kier alpha value is -3.20. The maximum Gasteiger partial charge on any atom is 0.416 e. The van der Waals surface area contributed by atoms with Crippen LogP contribution in [-0.4, -0.2) is 33.2 Å². The number of hydrogen-bond donors (Lipinski definition) is 3. The topological polar surface area (TPSA) is 83.0 Å². The fourth-order valence-electron chi connectivity index (χ4n) is 2.34. The molecule has 0 aliphatic heterocycles. The fraction of sp³-hybridized carbons (Fsp3) is 0.167. The Balaban J connectivity index is 1.94. The average Bonchev–Trinajstić information content (AvgIpc) is 2.66. The smallest absolute Gasteiger partial charge is 0.395 e. The lowest BCUT2D eigenvalue weighted by atomic mass is 10.2. The van der Waals surface area contributed by atoms with Gasteiger partial charge in [0.15, 0.2) is 0 Å². The minimum atomic E-state index is -4.43. The number of halogens is 3. The lowest BCUT2D eigenvalue weighted by Gasteiger charge is -2.12. The third kappa shape index (κ3) is 4.91. The summed E-state index contributed by atoms with van der Waals surface area (Å²) in [4.78, 5) is 12.6. The van der Waals surface area contributed by atoms with Gasteiger partial charge in [0.25, 0.3) is 0 Å². The number of alkyl halides is 3. The highest BCUT2D eigenvalue weighted by Gasteiger charge is 2.30. The molecule has 0 saturated heterocycles. The number of nitrogens with zero attached hydrogens (tertiary/aromatic N) is 3. The molecular formula is C18H16F3N5O. The molecule has 0 unspecified atom stereocenters. The first-order chi connectivity index (χ1) is 13.0. The first kappa shape index (κ1) is 18.6. The van der Waals surface area contributed by atoms with Crippen LogP contribution in [0.1, 0.15) is 5.56 Å². The Kier molecular flexibility index (Phi) is 5.51. The average molecular weight is 375 g/mol. The van der Waals surface area contributed by atoms with Crippen LogP contribution >= 0.6 is 0 Å². The molecule has 3 rings (SSSR count). The minimum absolute atomic E-state index is 0.114. The molecule has 0 saturated carbocycles. The summed E-state index contributed by atoms with van der Waals surface area (Å²) in [7, 11) is 0. The highest BCUT2D eigenvalue weighted by Crippen LogP contribution is 2.31. The Labute approximate surface area is 153 Å². The molecule has 0 fully saturated rings. The number of aliphatic hydroxyl groups excluding tert-OH is 1. The van der Waals surface area contributed by atoms with Crippen molar-refractivity contribution in [1.82, 2.24) is 15.0 Å². The zero-order valence-electron chi connectivity index (χ0n) is 14.0. The van der Waals surface area contributed by atoms with E-state index >= 15 is 0 Å². The summed E-state index contributed by atoms with van der Waals surface area (Å²) in [5.74, 6) is 0.545. The molecule has 0 aliphatic carbocycles. The van der Waals surface area contributed by atoms with E-state index in [1.807, 2.05) is 0 Å². The monoisotopic (exact) mass is 375 g/mol. The predicted octanol–water partition coefficient (Wildman–Crippen LogP) is 3.71. The van der Waals surface area contributed by atoms with Gasteiger partial charge in [0.1, 0.15) is 5.82 Å². The van der Waals surface area contributed by atoms with Crippen molar-refractivity contribution in [3.8, 4) is 11.3 Å². The molecule has 9 heteroatoms. The molecule has 1 aromatic carbocycles. The van der Waals surface area contributed by atoms with E-state index in [2.05, 4.69) is 25.6 Å². The molecule has 0 amide bonds. The summed E-state index contributed by atoms with van der Waals surface area (Å²) >= 11 is 0. The number of nitrogens with one attached hydrogen (secondary N) is 2. The van der Waals surface area contributed by atoms with Gasteiger partial charge < -0.3 is 15.7 Å². The summed E-state index contributed by atoms with van der Waals surface area (Å²) < 4.78 is 38.7. The van der Waals surface area contributed by atoms with Gasteiger partial charge in [0.2, 0.25) is 5.95 Å². The SMILES string of the molecule is OCCNc1nc(Nc2cccc(C(F)(F)F)c2)cc(-c2cccnc2)n1. The number of rotatable bonds is 6. The zero-order chi connectivity index (χ0) is 19.3. The Bertz CT molecular complexity index is 903. The van der Waals surface area contributed by atoms with Gasteiger partial charge in [-0.3, -0.25) is 4.98 Å². The van der Waals surface area contributed by atoms with Crippen molar-refractivity contribution in [3.63, 3.8) is 0 Å². The summed E-state index contributed by atoms with van der Waals surface area (Å²) in [5, 5.41) is 14.7. The molecule has 3 N–H and O–H groups in total. The van der Waals surface area contributed by atoms with E-state index in [-0.39, 0.29) is 24.8 Å². The maximum atomic E-state index is 12.9. The second kappa shape index (κ2) is 8.00. The third-order valence-electron chi connectivity index (χ3n) is 3.54. The van der Waals surface area contributed by atoms with Gasteiger partial charge in [0.05, 0.1) is 17.9 Å². The van der Waals surface area contributed by atoms with E-state index in [1.165, 1.54) is 12.1 Å². The molecular weight excluding hydrogens is 359 g/mol. The Morgan fingerprint density at radius 3 is 2.59 bits per heavy atom. The van der Waals surface area contributed by atoms with E-state index in [0.717, 1.165) is 17.7 Å². The molecule has 2 heterocycles. The largest absolute Gasteiger partial charge is 0.416 e. The van der Waals surface area contributed by atoms with Crippen molar-refractivity contribution < 1.29 is 18.3 Å². The molecule has 140 valence electrons. The Morgan fingerprint density at radius 2 is 1.89 bits per heavy atom. The van der Waals surface area contributed by atoms with Crippen molar-refractivity contribution in [2.24, 2.45) is 0 Å². The van der Waals surface area contributed by atoms with Crippen LogP contribution in [0.15, 0.2) is 54.9 Å². The fourth-order valence-corrected chi connectivity index (χ4v) is 2.34. The van der Waals surface area contributed by atoms with Crippen LogP contribution in [0.25, 0.3) is 11.3 Å². The third-order valence-corrected chi connectivity index (χ3v) is 3.54. The lowest BCUT2D eigenvalue weighted by molar-refractivity contribution is -0.137. The standard InChI is InChI=1S/C18H16F3N5O/c19-18(20,21)13-4-1-5-14(9-13)24-16-10-15(12-3-2-6-22-11-12)25-17(26-16)23-7-8-27/h1-6,9-11,27H,7-8H2,(H2,23,24,25,26). The normalized spacial score (nSPS) is 11.3.